The number of aromatic nitrogens is 1. The molecule has 0 atom stereocenters. The summed E-state index contributed by atoms with van der Waals surface area (Å²) >= 11 is 0. The standard InChI is InChI=1S/C21H22N2O2/c1-3-25-19-10-5-4-8-17(19)21(24)23-12-11-16-13-22(2)18-9-6-7-15(14-23)20(16)18/h4-10,13H,3,11-12,14H2,1-2H3. The highest BCUT2D eigenvalue weighted by molar-refractivity contribution is 5.97. The molecule has 0 bridgehead atoms. The molecule has 0 aliphatic carbocycles. The summed E-state index contributed by atoms with van der Waals surface area (Å²) in [4.78, 5) is 15.1. The van der Waals surface area contributed by atoms with Gasteiger partial charge in [-0.15, -0.1) is 0 Å². The Hall–Kier alpha value is -2.75. The van der Waals surface area contributed by atoms with Crippen molar-refractivity contribution in [1.82, 2.24) is 9.47 Å². The lowest BCUT2D eigenvalue weighted by Crippen LogP contribution is -2.31. The molecule has 25 heavy (non-hydrogen) atoms. The van der Waals surface area contributed by atoms with Crippen LogP contribution in [-0.2, 0) is 20.0 Å². The molecule has 0 radical (unpaired) electrons. The Labute approximate surface area is 147 Å². The Balaban J connectivity index is 1.70. The molecule has 4 heteroatoms. The molecule has 0 N–H and O–H groups in total. The van der Waals surface area contributed by atoms with Crippen LogP contribution in [0, 0.1) is 0 Å². The summed E-state index contributed by atoms with van der Waals surface area (Å²) in [7, 11) is 2.08. The summed E-state index contributed by atoms with van der Waals surface area (Å²) in [5, 5.41) is 1.30. The minimum atomic E-state index is 0.0376. The van der Waals surface area contributed by atoms with Gasteiger partial charge in [0.05, 0.1) is 12.2 Å². The van der Waals surface area contributed by atoms with Crippen LogP contribution in [0.4, 0.5) is 0 Å². The van der Waals surface area contributed by atoms with Gasteiger partial charge in [0.2, 0.25) is 0 Å². The third kappa shape index (κ3) is 2.68. The molecule has 1 aliphatic rings. The van der Waals surface area contributed by atoms with Crippen molar-refractivity contribution in [1.29, 1.82) is 0 Å². The van der Waals surface area contributed by atoms with Gasteiger partial charge in [-0.3, -0.25) is 4.79 Å². The molecule has 1 amide bonds. The van der Waals surface area contributed by atoms with E-state index >= 15 is 0 Å². The molecule has 2 aromatic carbocycles. The van der Waals surface area contributed by atoms with Gasteiger partial charge in [0.15, 0.2) is 0 Å². The Bertz CT molecular complexity index is 942. The third-order valence-electron chi connectivity index (χ3n) is 4.90. The zero-order chi connectivity index (χ0) is 17.4. The molecule has 4 rings (SSSR count). The number of benzene rings is 2. The van der Waals surface area contributed by atoms with E-state index in [9.17, 15) is 4.79 Å². The maximum absolute atomic E-state index is 13.1. The van der Waals surface area contributed by atoms with E-state index in [1.165, 1.54) is 22.0 Å². The van der Waals surface area contributed by atoms with Crippen LogP contribution in [0.25, 0.3) is 10.9 Å². The van der Waals surface area contributed by atoms with E-state index < -0.39 is 0 Å². The number of para-hydroxylation sites is 1. The Morgan fingerprint density at radius 1 is 1.12 bits per heavy atom. The predicted octanol–water partition coefficient (Wildman–Crippen LogP) is 3.78. The maximum atomic E-state index is 13.1. The van der Waals surface area contributed by atoms with Crippen molar-refractivity contribution < 1.29 is 9.53 Å². The van der Waals surface area contributed by atoms with Gasteiger partial charge in [-0.05, 0) is 42.7 Å². The van der Waals surface area contributed by atoms with E-state index in [2.05, 4.69) is 36.0 Å². The molecule has 0 saturated heterocycles. The smallest absolute Gasteiger partial charge is 0.257 e. The summed E-state index contributed by atoms with van der Waals surface area (Å²) in [6, 6.07) is 13.9. The topological polar surface area (TPSA) is 34.5 Å². The van der Waals surface area contributed by atoms with Crippen molar-refractivity contribution in [2.24, 2.45) is 7.05 Å². The van der Waals surface area contributed by atoms with Crippen molar-refractivity contribution in [3.05, 3.63) is 65.4 Å². The van der Waals surface area contributed by atoms with E-state index in [-0.39, 0.29) is 5.91 Å². The van der Waals surface area contributed by atoms with E-state index in [1.807, 2.05) is 36.1 Å². The van der Waals surface area contributed by atoms with Crippen molar-refractivity contribution in [2.45, 2.75) is 19.9 Å². The van der Waals surface area contributed by atoms with Gasteiger partial charge in [0.25, 0.3) is 5.91 Å². The van der Waals surface area contributed by atoms with Crippen LogP contribution in [-0.4, -0.2) is 28.5 Å². The Morgan fingerprint density at radius 2 is 1.96 bits per heavy atom. The number of nitrogens with zero attached hydrogens (tertiary/aromatic N) is 2. The minimum Gasteiger partial charge on any atom is -0.493 e. The molecule has 2 heterocycles. The van der Waals surface area contributed by atoms with Crippen LogP contribution in [0.15, 0.2) is 48.7 Å². The average Bonchev–Trinajstić information content (AvgIpc) is 2.84. The first kappa shape index (κ1) is 15.8. The molecular formula is C21H22N2O2. The van der Waals surface area contributed by atoms with Crippen molar-refractivity contribution in [3.8, 4) is 5.75 Å². The maximum Gasteiger partial charge on any atom is 0.257 e. The Morgan fingerprint density at radius 3 is 2.80 bits per heavy atom. The number of amides is 1. The first-order valence-electron chi connectivity index (χ1n) is 8.76. The van der Waals surface area contributed by atoms with Gasteiger partial charge in [0, 0.05) is 37.2 Å². The van der Waals surface area contributed by atoms with Crippen molar-refractivity contribution >= 4 is 16.8 Å². The molecule has 0 fully saturated rings. The molecule has 4 nitrogen and oxygen atoms in total. The second-order valence-corrected chi connectivity index (χ2v) is 6.48. The summed E-state index contributed by atoms with van der Waals surface area (Å²) < 4.78 is 7.83. The molecule has 1 aromatic heterocycles. The average molecular weight is 334 g/mol. The zero-order valence-electron chi connectivity index (χ0n) is 14.7. The summed E-state index contributed by atoms with van der Waals surface area (Å²) in [6.07, 6.45) is 3.06. The second kappa shape index (κ2) is 6.28. The predicted molar refractivity (Wildman–Crippen MR) is 99.0 cm³/mol. The number of ether oxygens (including phenoxy) is 1. The normalized spacial score (nSPS) is 13.8. The van der Waals surface area contributed by atoms with Gasteiger partial charge in [0.1, 0.15) is 5.75 Å². The molecule has 3 aromatic rings. The quantitative estimate of drug-likeness (QED) is 0.731. The summed E-state index contributed by atoms with van der Waals surface area (Å²) in [5.41, 5.74) is 4.41. The van der Waals surface area contributed by atoms with Gasteiger partial charge in [-0.1, -0.05) is 24.3 Å². The van der Waals surface area contributed by atoms with E-state index in [0.717, 1.165) is 6.42 Å². The van der Waals surface area contributed by atoms with Crippen molar-refractivity contribution in [3.63, 3.8) is 0 Å². The first-order valence-corrected chi connectivity index (χ1v) is 8.76. The van der Waals surface area contributed by atoms with Gasteiger partial charge in [-0.25, -0.2) is 0 Å². The largest absolute Gasteiger partial charge is 0.493 e. The number of aryl methyl sites for hydroxylation is 1. The van der Waals surface area contributed by atoms with Crippen LogP contribution in [0.5, 0.6) is 5.75 Å². The fraction of sp³-hybridized carbons (Fsp3) is 0.286. The zero-order valence-corrected chi connectivity index (χ0v) is 14.7. The van der Waals surface area contributed by atoms with Crippen LogP contribution >= 0.6 is 0 Å². The number of hydrogen-bond donors (Lipinski definition) is 0. The number of rotatable bonds is 3. The molecule has 0 unspecified atom stereocenters. The SMILES string of the molecule is CCOc1ccccc1C(=O)N1CCc2cn(C)c3cccc(c23)C1. The van der Waals surface area contributed by atoms with Crippen LogP contribution < -0.4 is 4.74 Å². The lowest BCUT2D eigenvalue weighted by molar-refractivity contribution is 0.0743. The van der Waals surface area contributed by atoms with Crippen LogP contribution in [0.3, 0.4) is 0 Å². The fourth-order valence-electron chi connectivity index (χ4n) is 3.75. The highest BCUT2D eigenvalue weighted by Gasteiger charge is 2.24. The summed E-state index contributed by atoms with van der Waals surface area (Å²) in [6.45, 7) is 3.83. The summed E-state index contributed by atoms with van der Waals surface area (Å²) in [5.74, 6) is 0.700. The second-order valence-electron chi connectivity index (χ2n) is 6.48. The van der Waals surface area contributed by atoms with E-state index in [1.54, 1.807) is 0 Å². The van der Waals surface area contributed by atoms with Gasteiger partial charge in [-0.2, -0.15) is 0 Å². The molecular weight excluding hydrogens is 312 g/mol. The lowest BCUT2D eigenvalue weighted by Gasteiger charge is -2.22. The molecule has 1 aliphatic heterocycles. The Kier molecular flexibility index (Phi) is 3.96. The van der Waals surface area contributed by atoms with Crippen molar-refractivity contribution in [2.75, 3.05) is 13.2 Å². The first-order chi connectivity index (χ1) is 12.2. The minimum absolute atomic E-state index is 0.0376. The highest BCUT2D eigenvalue weighted by Crippen LogP contribution is 2.30. The number of carbonyl (C=O) groups is 1. The lowest BCUT2D eigenvalue weighted by atomic mass is 10.1. The van der Waals surface area contributed by atoms with Crippen LogP contribution in [0.2, 0.25) is 0 Å². The monoisotopic (exact) mass is 334 g/mol. The van der Waals surface area contributed by atoms with Gasteiger partial charge >= 0.3 is 0 Å². The highest BCUT2D eigenvalue weighted by atomic mass is 16.5. The van der Waals surface area contributed by atoms with E-state index in [0.29, 0.717) is 31.0 Å². The molecule has 128 valence electrons. The van der Waals surface area contributed by atoms with Gasteiger partial charge < -0.3 is 14.2 Å². The fourth-order valence-corrected chi connectivity index (χ4v) is 3.75. The number of hydrogen-bond acceptors (Lipinski definition) is 2. The van der Waals surface area contributed by atoms with E-state index in [4.69, 9.17) is 4.74 Å². The molecule has 0 saturated carbocycles. The molecule has 0 spiro atoms. The number of carbonyl (C=O) groups excluding carboxylic acids is 1. The third-order valence-corrected chi connectivity index (χ3v) is 4.90. The van der Waals surface area contributed by atoms with Crippen LogP contribution in [0.1, 0.15) is 28.4 Å².